The Bertz CT molecular complexity index is 358. The minimum absolute atomic E-state index is 0.0376. The zero-order valence-corrected chi connectivity index (χ0v) is 9.10. The van der Waals surface area contributed by atoms with Gasteiger partial charge in [-0.2, -0.15) is 0 Å². The first-order chi connectivity index (χ1) is 6.83. The number of nitrogens with two attached hydrogens (primary N) is 1. The summed E-state index contributed by atoms with van der Waals surface area (Å²) in [5.74, 6) is -1.25. The van der Waals surface area contributed by atoms with Crippen LogP contribution in [-0.4, -0.2) is 12.6 Å². The zero-order chi connectivity index (χ0) is 11.6. The van der Waals surface area contributed by atoms with Crippen molar-refractivity contribution in [1.82, 2.24) is 0 Å². The Morgan fingerprint density at radius 1 is 1.27 bits per heavy atom. The van der Waals surface area contributed by atoms with E-state index in [2.05, 4.69) is 0 Å². The fourth-order valence-electron chi connectivity index (χ4n) is 1.35. The van der Waals surface area contributed by atoms with E-state index in [4.69, 9.17) is 10.5 Å². The van der Waals surface area contributed by atoms with Crippen molar-refractivity contribution >= 4 is 0 Å². The fraction of sp³-hybridized carbons (Fsp3) is 0.455. The molecule has 0 bridgehead atoms. The molecule has 2 N–H and O–H groups in total. The van der Waals surface area contributed by atoms with Crippen molar-refractivity contribution in [3.05, 3.63) is 29.3 Å². The molecule has 0 aliphatic carbocycles. The fourth-order valence-corrected chi connectivity index (χ4v) is 1.35. The molecule has 0 atom stereocenters. The van der Waals surface area contributed by atoms with Crippen molar-refractivity contribution < 1.29 is 13.5 Å². The quantitative estimate of drug-likeness (QED) is 0.839. The molecule has 0 radical (unpaired) electrons. The molecular formula is C11H15F2NO. The number of benzene rings is 1. The van der Waals surface area contributed by atoms with Gasteiger partial charge in [0.2, 0.25) is 0 Å². The lowest BCUT2D eigenvalue weighted by Crippen LogP contribution is -2.34. The largest absolute Gasteiger partial charge is 0.494 e. The lowest BCUT2D eigenvalue weighted by atomic mass is 9.96. The van der Waals surface area contributed by atoms with Gasteiger partial charge in [-0.3, -0.25) is 0 Å². The van der Waals surface area contributed by atoms with Crippen LogP contribution in [0.4, 0.5) is 8.78 Å². The van der Waals surface area contributed by atoms with Gasteiger partial charge in [-0.15, -0.1) is 0 Å². The maximum absolute atomic E-state index is 13.3. The summed E-state index contributed by atoms with van der Waals surface area (Å²) >= 11 is 0. The second-order valence-corrected chi connectivity index (χ2v) is 4.24. The van der Waals surface area contributed by atoms with Crippen molar-refractivity contribution in [3.63, 3.8) is 0 Å². The predicted molar refractivity (Wildman–Crippen MR) is 54.9 cm³/mol. The van der Waals surface area contributed by atoms with Gasteiger partial charge in [-0.05, 0) is 31.9 Å². The van der Waals surface area contributed by atoms with Crippen molar-refractivity contribution in [2.24, 2.45) is 5.73 Å². The number of ether oxygens (including phenoxy) is 1. The average Bonchev–Trinajstić information content (AvgIpc) is 2.07. The minimum Gasteiger partial charge on any atom is -0.494 e. The van der Waals surface area contributed by atoms with E-state index < -0.39 is 17.2 Å². The van der Waals surface area contributed by atoms with E-state index in [0.29, 0.717) is 12.0 Å². The third kappa shape index (κ3) is 3.16. The number of halogens is 2. The summed E-state index contributed by atoms with van der Waals surface area (Å²) in [6.45, 7) is 3.56. The van der Waals surface area contributed by atoms with E-state index in [1.165, 1.54) is 13.2 Å². The molecule has 1 rings (SSSR count). The standard InChI is InChI=1S/C11H15F2NO/c1-11(2,14)6-7-4-10(15-3)9(13)5-8(7)12/h4-5H,6,14H2,1-3H3. The van der Waals surface area contributed by atoms with Gasteiger partial charge in [-0.1, -0.05) is 0 Å². The van der Waals surface area contributed by atoms with Crippen LogP contribution in [-0.2, 0) is 6.42 Å². The first-order valence-corrected chi connectivity index (χ1v) is 4.64. The average molecular weight is 215 g/mol. The molecule has 1 aromatic carbocycles. The van der Waals surface area contributed by atoms with Crippen LogP contribution in [0.2, 0.25) is 0 Å². The SMILES string of the molecule is COc1cc(CC(C)(C)N)c(F)cc1F. The van der Waals surface area contributed by atoms with Gasteiger partial charge in [0.15, 0.2) is 11.6 Å². The van der Waals surface area contributed by atoms with E-state index in [-0.39, 0.29) is 5.75 Å². The van der Waals surface area contributed by atoms with E-state index in [0.717, 1.165) is 6.07 Å². The molecule has 0 spiro atoms. The Morgan fingerprint density at radius 2 is 1.87 bits per heavy atom. The number of hydrogen-bond acceptors (Lipinski definition) is 2. The topological polar surface area (TPSA) is 35.2 Å². The Labute approximate surface area is 88.0 Å². The summed E-state index contributed by atoms with van der Waals surface area (Å²) in [4.78, 5) is 0. The lowest BCUT2D eigenvalue weighted by molar-refractivity contribution is 0.381. The molecule has 4 heteroatoms. The van der Waals surface area contributed by atoms with Crippen LogP contribution in [0.3, 0.4) is 0 Å². The second-order valence-electron chi connectivity index (χ2n) is 4.24. The zero-order valence-electron chi connectivity index (χ0n) is 9.10. The van der Waals surface area contributed by atoms with Crippen molar-refractivity contribution in [2.75, 3.05) is 7.11 Å². The van der Waals surface area contributed by atoms with Gasteiger partial charge in [0, 0.05) is 11.6 Å². The smallest absolute Gasteiger partial charge is 0.167 e. The van der Waals surface area contributed by atoms with E-state index in [1.54, 1.807) is 13.8 Å². The highest BCUT2D eigenvalue weighted by atomic mass is 19.1. The van der Waals surface area contributed by atoms with Gasteiger partial charge in [-0.25, -0.2) is 8.78 Å². The van der Waals surface area contributed by atoms with Gasteiger partial charge >= 0.3 is 0 Å². The molecule has 0 saturated heterocycles. The Hall–Kier alpha value is -1.16. The van der Waals surface area contributed by atoms with E-state index in [9.17, 15) is 8.78 Å². The van der Waals surface area contributed by atoms with Crippen molar-refractivity contribution in [1.29, 1.82) is 0 Å². The molecule has 15 heavy (non-hydrogen) atoms. The maximum Gasteiger partial charge on any atom is 0.167 e. The maximum atomic E-state index is 13.3. The molecule has 0 aromatic heterocycles. The highest BCUT2D eigenvalue weighted by Gasteiger charge is 2.17. The van der Waals surface area contributed by atoms with Crippen LogP contribution in [0.1, 0.15) is 19.4 Å². The molecule has 84 valence electrons. The first kappa shape index (κ1) is 11.9. The molecule has 2 nitrogen and oxygen atoms in total. The molecule has 0 aliphatic heterocycles. The van der Waals surface area contributed by atoms with Crippen LogP contribution in [0.5, 0.6) is 5.75 Å². The Kier molecular flexibility index (Phi) is 3.29. The summed E-state index contributed by atoms with van der Waals surface area (Å²) in [7, 11) is 1.34. The molecule has 0 saturated carbocycles. The molecule has 1 aromatic rings. The van der Waals surface area contributed by atoms with Crippen LogP contribution in [0.15, 0.2) is 12.1 Å². The molecule has 0 amide bonds. The number of methoxy groups -OCH3 is 1. The van der Waals surface area contributed by atoms with Crippen molar-refractivity contribution in [3.8, 4) is 5.75 Å². The van der Waals surface area contributed by atoms with E-state index in [1.807, 2.05) is 0 Å². The Balaban J connectivity index is 3.08. The third-order valence-corrected chi connectivity index (χ3v) is 1.97. The normalized spacial score (nSPS) is 11.6. The summed E-state index contributed by atoms with van der Waals surface area (Å²) < 4.78 is 31.2. The highest BCUT2D eigenvalue weighted by Crippen LogP contribution is 2.23. The molecular weight excluding hydrogens is 200 g/mol. The Morgan fingerprint density at radius 3 is 2.33 bits per heavy atom. The molecule has 0 fully saturated rings. The molecule has 0 aliphatic rings. The number of hydrogen-bond donors (Lipinski definition) is 1. The minimum atomic E-state index is -0.700. The first-order valence-electron chi connectivity index (χ1n) is 4.64. The van der Waals surface area contributed by atoms with Crippen LogP contribution in [0.25, 0.3) is 0 Å². The highest BCUT2D eigenvalue weighted by molar-refractivity contribution is 5.32. The summed E-state index contributed by atoms with van der Waals surface area (Å²) in [6, 6.07) is 2.17. The van der Waals surface area contributed by atoms with Gasteiger partial charge in [0.05, 0.1) is 7.11 Å². The second kappa shape index (κ2) is 4.14. The van der Waals surface area contributed by atoms with Crippen LogP contribution >= 0.6 is 0 Å². The summed E-state index contributed by atoms with van der Waals surface area (Å²) in [5, 5.41) is 0. The van der Waals surface area contributed by atoms with Crippen LogP contribution in [0, 0.1) is 11.6 Å². The molecule has 0 unspecified atom stereocenters. The monoisotopic (exact) mass is 215 g/mol. The van der Waals surface area contributed by atoms with E-state index >= 15 is 0 Å². The number of rotatable bonds is 3. The summed E-state index contributed by atoms with van der Waals surface area (Å²) in [5.41, 5.74) is 5.59. The van der Waals surface area contributed by atoms with Crippen LogP contribution < -0.4 is 10.5 Å². The molecule has 0 heterocycles. The van der Waals surface area contributed by atoms with Gasteiger partial charge in [0.1, 0.15) is 5.82 Å². The third-order valence-electron chi connectivity index (χ3n) is 1.97. The predicted octanol–water partition coefficient (Wildman–Crippen LogP) is 2.25. The summed E-state index contributed by atoms with van der Waals surface area (Å²) in [6.07, 6.45) is 0.329. The van der Waals surface area contributed by atoms with Gasteiger partial charge in [0.25, 0.3) is 0 Å². The van der Waals surface area contributed by atoms with Gasteiger partial charge < -0.3 is 10.5 Å². The van der Waals surface area contributed by atoms with Crippen molar-refractivity contribution in [2.45, 2.75) is 25.8 Å². The lowest BCUT2D eigenvalue weighted by Gasteiger charge is -2.19.